The second-order valence-electron chi connectivity index (χ2n) is 6.90. The average Bonchev–Trinajstić information content (AvgIpc) is 2.62. The van der Waals surface area contributed by atoms with Crippen LogP contribution in [0.2, 0.25) is 0 Å². The quantitative estimate of drug-likeness (QED) is 0.932. The number of aliphatic hydroxyl groups is 1. The molecule has 126 valence electrons. The van der Waals surface area contributed by atoms with Gasteiger partial charge in [0.05, 0.1) is 17.6 Å². The van der Waals surface area contributed by atoms with Crippen molar-refractivity contribution in [2.75, 3.05) is 20.3 Å². The van der Waals surface area contributed by atoms with Gasteiger partial charge >= 0.3 is 0 Å². The predicted octanol–water partition coefficient (Wildman–Crippen LogP) is 2.50. The van der Waals surface area contributed by atoms with E-state index in [1.165, 1.54) is 0 Å². The van der Waals surface area contributed by atoms with Gasteiger partial charge in [0.1, 0.15) is 0 Å². The second-order valence-corrected chi connectivity index (χ2v) is 6.90. The first kappa shape index (κ1) is 16.5. The van der Waals surface area contributed by atoms with Gasteiger partial charge in [-0.25, -0.2) is 0 Å². The fraction of sp³-hybridized carbons (Fsp3) is 0.632. The summed E-state index contributed by atoms with van der Waals surface area (Å²) in [6, 6.07) is 10.0. The largest absolute Gasteiger partial charge is 0.391 e. The van der Waals surface area contributed by atoms with E-state index in [4.69, 9.17) is 4.74 Å². The monoisotopic (exact) mass is 317 g/mol. The van der Waals surface area contributed by atoms with E-state index in [0.717, 1.165) is 31.2 Å². The molecule has 2 aliphatic rings. The van der Waals surface area contributed by atoms with Crippen LogP contribution in [0.15, 0.2) is 30.3 Å². The van der Waals surface area contributed by atoms with Crippen LogP contribution in [0.1, 0.15) is 44.1 Å². The van der Waals surface area contributed by atoms with Crippen molar-refractivity contribution in [2.45, 2.75) is 56.1 Å². The normalized spacial score (nSPS) is 27.4. The molecular formula is C19H27NO3. The van der Waals surface area contributed by atoms with E-state index in [1.807, 2.05) is 42.3 Å². The molecule has 1 N–H and O–H groups in total. The van der Waals surface area contributed by atoms with Gasteiger partial charge in [0, 0.05) is 20.3 Å². The zero-order chi connectivity index (χ0) is 16.3. The molecule has 0 radical (unpaired) electrons. The van der Waals surface area contributed by atoms with Crippen LogP contribution in [-0.2, 0) is 14.9 Å². The second kappa shape index (κ2) is 7.02. The Bertz CT molecular complexity index is 525. The van der Waals surface area contributed by atoms with Gasteiger partial charge < -0.3 is 14.7 Å². The van der Waals surface area contributed by atoms with Crippen LogP contribution in [0.5, 0.6) is 0 Å². The lowest BCUT2D eigenvalue weighted by Crippen LogP contribution is -2.55. The molecule has 1 heterocycles. The minimum atomic E-state index is -0.509. The van der Waals surface area contributed by atoms with Crippen LogP contribution in [0, 0.1) is 0 Å². The lowest BCUT2D eigenvalue weighted by Gasteiger charge is -2.43. The van der Waals surface area contributed by atoms with Crippen molar-refractivity contribution in [2.24, 2.45) is 0 Å². The van der Waals surface area contributed by atoms with Gasteiger partial charge in [-0.05, 0) is 31.2 Å². The number of ether oxygens (including phenoxy) is 1. The van der Waals surface area contributed by atoms with E-state index in [1.54, 1.807) is 0 Å². The summed E-state index contributed by atoms with van der Waals surface area (Å²) in [5.74, 6) is 0.137. The van der Waals surface area contributed by atoms with Crippen LogP contribution in [0.3, 0.4) is 0 Å². The zero-order valence-electron chi connectivity index (χ0n) is 13.9. The average molecular weight is 317 g/mol. The molecule has 0 spiro atoms. The molecular weight excluding hydrogens is 290 g/mol. The number of likely N-dealkylation sites (N-methyl/N-ethyl adjacent to an activating group) is 1. The zero-order valence-corrected chi connectivity index (χ0v) is 13.9. The van der Waals surface area contributed by atoms with Crippen molar-refractivity contribution in [3.8, 4) is 0 Å². The van der Waals surface area contributed by atoms with E-state index in [2.05, 4.69) is 0 Å². The summed E-state index contributed by atoms with van der Waals surface area (Å²) in [5, 5.41) is 10.3. The molecule has 1 aliphatic carbocycles. The van der Waals surface area contributed by atoms with Crippen molar-refractivity contribution in [3.05, 3.63) is 35.9 Å². The molecule has 0 aromatic heterocycles. The molecule has 1 aromatic carbocycles. The van der Waals surface area contributed by atoms with Crippen molar-refractivity contribution < 1.29 is 14.6 Å². The maximum absolute atomic E-state index is 13.4. The molecule has 4 nitrogen and oxygen atoms in total. The Morgan fingerprint density at radius 3 is 2.48 bits per heavy atom. The lowest BCUT2D eigenvalue weighted by molar-refractivity contribution is -0.145. The minimum Gasteiger partial charge on any atom is -0.391 e. The molecule has 0 unspecified atom stereocenters. The molecule has 1 aliphatic heterocycles. The summed E-state index contributed by atoms with van der Waals surface area (Å²) < 4.78 is 5.52. The molecule has 1 aromatic rings. The highest BCUT2D eigenvalue weighted by molar-refractivity contribution is 5.88. The fourth-order valence-corrected chi connectivity index (χ4v) is 4.13. The summed E-state index contributed by atoms with van der Waals surface area (Å²) >= 11 is 0. The number of nitrogens with zero attached hydrogens (tertiary/aromatic N) is 1. The van der Waals surface area contributed by atoms with Gasteiger partial charge in [-0.15, -0.1) is 0 Å². The Labute approximate surface area is 138 Å². The number of amides is 1. The molecule has 2 atom stereocenters. The SMILES string of the molecule is CN(C(=O)C1(c2ccccc2)CCOCC1)[C@@H]1CCCC[C@H]1O. The Kier molecular flexibility index (Phi) is 5.02. The van der Waals surface area contributed by atoms with Gasteiger partial charge in [0.15, 0.2) is 0 Å². The van der Waals surface area contributed by atoms with Gasteiger partial charge in [-0.1, -0.05) is 43.2 Å². The number of carbonyl (C=O) groups is 1. The highest BCUT2D eigenvalue weighted by Gasteiger charge is 2.45. The number of aliphatic hydroxyl groups excluding tert-OH is 1. The van der Waals surface area contributed by atoms with Crippen molar-refractivity contribution in [3.63, 3.8) is 0 Å². The molecule has 1 amide bonds. The third-order valence-corrected chi connectivity index (χ3v) is 5.59. The van der Waals surface area contributed by atoms with Crippen LogP contribution >= 0.6 is 0 Å². The Hall–Kier alpha value is -1.39. The maximum Gasteiger partial charge on any atom is 0.233 e. The van der Waals surface area contributed by atoms with Crippen molar-refractivity contribution in [1.29, 1.82) is 0 Å². The maximum atomic E-state index is 13.4. The number of benzene rings is 1. The molecule has 2 fully saturated rings. The molecule has 1 saturated carbocycles. The molecule has 3 rings (SSSR count). The van der Waals surface area contributed by atoms with E-state index in [9.17, 15) is 9.90 Å². The van der Waals surface area contributed by atoms with Crippen LogP contribution < -0.4 is 0 Å². The molecule has 0 bridgehead atoms. The number of hydrogen-bond acceptors (Lipinski definition) is 3. The number of hydrogen-bond donors (Lipinski definition) is 1. The first-order chi connectivity index (χ1) is 11.1. The summed E-state index contributed by atoms with van der Waals surface area (Å²) in [7, 11) is 1.86. The highest BCUT2D eigenvalue weighted by Crippen LogP contribution is 2.38. The molecule has 23 heavy (non-hydrogen) atoms. The minimum absolute atomic E-state index is 0.0558. The molecule has 1 saturated heterocycles. The van der Waals surface area contributed by atoms with Crippen LogP contribution in [0.4, 0.5) is 0 Å². The first-order valence-corrected chi connectivity index (χ1v) is 8.74. The smallest absolute Gasteiger partial charge is 0.233 e. The van der Waals surface area contributed by atoms with Gasteiger partial charge in [-0.2, -0.15) is 0 Å². The predicted molar refractivity (Wildman–Crippen MR) is 89.2 cm³/mol. The Morgan fingerprint density at radius 2 is 1.83 bits per heavy atom. The van der Waals surface area contributed by atoms with E-state index in [0.29, 0.717) is 26.1 Å². The summed E-state index contributed by atoms with van der Waals surface area (Å²) in [6.45, 7) is 1.23. The standard InChI is InChI=1S/C19H27NO3/c1-20(16-9-5-6-10-17(16)21)18(22)19(11-13-23-14-12-19)15-7-3-2-4-8-15/h2-4,7-8,16-17,21H,5-6,9-14H2,1H3/t16-,17-/m1/s1. The number of rotatable bonds is 3. The topological polar surface area (TPSA) is 49.8 Å². The third kappa shape index (κ3) is 3.15. The van der Waals surface area contributed by atoms with Crippen molar-refractivity contribution in [1.82, 2.24) is 4.90 Å². The third-order valence-electron chi connectivity index (χ3n) is 5.59. The van der Waals surface area contributed by atoms with E-state index < -0.39 is 11.5 Å². The summed E-state index contributed by atoms with van der Waals surface area (Å²) in [4.78, 5) is 15.2. The lowest BCUT2D eigenvalue weighted by atomic mass is 9.72. The Morgan fingerprint density at radius 1 is 1.17 bits per heavy atom. The fourth-order valence-electron chi connectivity index (χ4n) is 4.13. The summed E-state index contributed by atoms with van der Waals surface area (Å²) in [6.07, 6.45) is 4.85. The van der Waals surface area contributed by atoms with Crippen LogP contribution in [-0.4, -0.2) is 48.3 Å². The Balaban J connectivity index is 1.88. The van der Waals surface area contributed by atoms with Crippen molar-refractivity contribution >= 4 is 5.91 Å². The first-order valence-electron chi connectivity index (χ1n) is 8.74. The van der Waals surface area contributed by atoms with Gasteiger partial charge in [0.2, 0.25) is 5.91 Å². The van der Waals surface area contributed by atoms with E-state index >= 15 is 0 Å². The summed E-state index contributed by atoms with van der Waals surface area (Å²) in [5.41, 5.74) is 0.566. The van der Waals surface area contributed by atoms with Gasteiger partial charge in [0.25, 0.3) is 0 Å². The number of carbonyl (C=O) groups excluding carboxylic acids is 1. The molecule has 4 heteroatoms. The van der Waals surface area contributed by atoms with E-state index in [-0.39, 0.29) is 11.9 Å². The van der Waals surface area contributed by atoms with Gasteiger partial charge in [-0.3, -0.25) is 4.79 Å². The highest BCUT2D eigenvalue weighted by atomic mass is 16.5. The van der Waals surface area contributed by atoms with Crippen LogP contribution in [0.25, 0.3) is 0 Å².